The van der Waals surface area contributed by atoms with E-state index in [0.29, 0.717) is 17.3 Å². The van der Waals surface area contributed by atoms with Gasteiger partial charge >= 0.3 is 12.2 Å². The van der Waals surface area contributed by atoms with Gasteiger partial charge in [0, 0.05) is 18.8 Å². The minimum Gasteiger partial charge on any atom is -0.403 e. The van der Waals surface area contributed by atoms with E-state index in [-0.39, 0.29) is 11.5 Å². The highest BCUT2D eigenvalue weighted by Crippen LogP contribution is 2.42. The molecule has 2 fully saturated rings. The number of benzene rings is 1. The van der Waals surface area contributed by atoms with Gasteiger partial charge in [0.2, 0.25) is 0 Å². The quantitative estimate of drug-likeness (QED) is 0.747. The van der Waals surface area contributed by atoms with Gasteiger partial charge < -0.3 is 14.6 Å². The second kappa shape index (κ2) is 7.80. The minimum absolute atomic E-state index is 0.00690. The van der Waals surface area contributed by atoms with Crippen LogP contribution in [-0.4, -0.2) is 52.6 Å². The van der Waals surface area contributed by atoms with Crippen LogP contribution >= 0.6 is 0 Å². The zero-order chi connectivity index (χ0) is 22.5. The lowest BCUT2D eigenvalue weighted by molar-refractivity contribution is -0.161. The summed E-state index contributed by atoms with van der Waals surface area (Å²) >= 11 is 0. The smallest absolute Gasteiger partial charge is 0.403 e. The number of anilines is 1. The summed E-state index contributed by atoms with van der Waals surface area (Å²) in [5, 5.41) is 12.2. The van der Waals surface area contributed by atoms with E-state index >= 15 is 0 Å². The molecule has 32 heavy (non-hydrogen) atoms. The number of aromatic nitrogens is 2. The van der Waals surface area contributed by atoms with E-state index in [1.165, 1.54) is 0 Å². The van der Waals surface area contributed by atoms with Crippen LogP contribution in [0.1, 0.15) is 43.6 Å². The number of amides is 1. The fourth-order valence-corrected chi connectivity index (χ4v) is 4.68. The van der Waals surface area contributed by atoms with Gasteiger partial charge in [-0.1, -0.05) is 35.4 Å². The molecule has 0 aliphatic carbocycles. The van der Waals surface area contributed by atoms with Crippen LogP contribution in [0.5, 0.6) is 0 Å². The van der Waals surface area contributed by atoms with Crippen LogP contribution in [0, 0.1) is 0 Å². The predicted molar refractivity (Wildman–Crippen MR) is 109 cm³/mol. The number of hydrogen-bond acceptors (Lipinski definition) is 7. The Labute approximate surface area is 182 Å². The van der Waals surface area contributed by atoms with Crippen molar-refractivity contribution < 1.29 is 22.4 Å². The molecule has 3 aliphatic rings. The predicted octanol–water partition coefficient (Wildman–Crippen LogP) is 2.78. The van der Waals surface area contributed by atoms with E-state index < -0.39 is 30.2 Å². The monoisotopic (exact) mass is 448 g/mol. The second-order valence-corrected chi connectivity index (χ2v) is 8.29. The lowest BCUT2D eigenvalue weighted by atomic mass is 9.89. The number of hydrogen-bond donors (Lipinski definition) is 2. The number of alkyl halides is 3. The first kappa shape index (κ1) is 20.8. The maximum Gasteiger partial charge on any atom is 0.406 e. The third-order valence-corrected chi connectivity index (χ3v) is 6.22. The number of carbonyl (C=O) groups excluding carboxylic acids is 1. The zero-order valence-electron chi connectivity index (χ0n) is 17.4. The van der Waals surface area contributed by atoms with Crippen LogP contribution in [0.15, 0.2) is 40.4 Å². The fourth-order valence-electron chi connectivity index (χ4n) is 4.68. The Hall–Kier alpha value is -3.08. The Morgan fingerprint density at radius 2 is 1.81 bits per heavy atom. The number of rotatable bonds is 3. The third kappa shape index (κ3) is 3.50. The molecule has 8 nitrogen and oxygen atoms in total. The lowest BCUT2D eigenvalue weighted by Gasteiger charge is -2.34. The van der Waals surface area contributed by atoms with Crippen molar-refractivity contribution in [3.05, 3.63) is 47.5 Å². The molecule has 0 bridgehead atoms. The SMILES string of the molecule is CC1=C(c2nnc(N3CCCCC3)o2)C(=O)N2NC(C(F)(F)F)C(c3ccccc3)C2N1. The minimum atomic E-state index is -4.56. The molecule has 1 amide bonds. The van der Waals surface area contributed by atoms with Crippen LogP contribution in [0.3, 0.4) is 0 Å². The van der Waals surface area contributed by atoms with Gasteiger partial charge in [0.15, 0.2) is 0 Å². The summed E-state index contributed by atoms with van der Waals surface area (Å²) in [4.78, 5) is 15.3. The van der Waals surface area contributed by atoms with E-state index in [0.717, 1.165) is 37.4 Å². The highest BCUT2D eigenvalue weighted by atomic mass is 19.4. The average Bonchev–Trinajstić information content (AvgIpc) is 3.40. The van der Waals surface area contributed by atoms with E-state index in [1.54, 1.807) is 37.3 Å². The van der Waals surface area contributed by atoms with Crippen molar-refractivity contribution in [2.45, 2.75) is 50.5 Å². The van der Waals surface area contributed by atoms with E-state index in [1.807, 2.05) is 4.90 Å². The molecule has 2 N–H and O–H groups in total. The molecule has 1 aromatic heterocycles. The summed E-state index contributed by atoms with van der Waals surface area (Å²) in [6, 6.07) is 6.78. The van der Waals surface area contributed by atoms with Crippen LogP contribution in [0.25, 0.3) is 5.57 Å². The Morgan fingerprint density at radius 3 is 2.50 bits per heavy atom. The Kier molecular flexibility index (Phi) is 5.07. The van der Waals surface area contributed by atoms with Crippen LogP contribution in [0.4, 0.5) is 19.2 Å². The molecule has 3 aliphatic heterocycles. The molecule has 5 rings (SSSR count). The van der Waals surface area contributed by atoms with Crippen molar-refractivity contribution in [1.29, 1.82) is 0 Å². The van der Waals surface area contributed by atoms with Crippen LogP contribution < -0.4 is 15.6 Å². The summed E-state index contributed by atoms with van der Waals surface area (Å²) in [6.07, 6.45) is -2.31. The molecule has 4 heterocycles. The topological polar surface area (TPSA) is 86.5 Å². The van der Waals surface area contributed by atoms with Gasteiger partial charge in [-0.05, 0) is 31.7 Å². The Balaban J connectivity index is 1.48. The third-order valence-electron chi connectivity index (χ3n) is 6.22. The number of piperidine rings is 1. The van der Waals surface area contributed by atoms with Crippen molar-refractivity contribution in [3.63, 3.8) is 0 Å². The first-order valence-corrected chi connectivity index (χ1v) is 10.6. The van der Waals surface area contributed by atoms with Gasteiger partial charge in [-0.25, -0.2) is 10.4 Å². The molecule has 170 valence electrons. The summed E-state index contributed by atoms with van der Waals surface area (Å²) in [5.41, 5.74) is 3.33. The standard InChI is InChI=1S/C21H23F3N6O2/c1-12-14(18-26-27-20(32-18)29-10-6-3-7-11-29)19(31)30-17(25-12)15(13-8-4-2-5-9-13)16(28-30)21(22,23)24/h2,4-5,8-9,15-17,25,28H,3,6-7,10-11H2,1H3. The van der Waals surface area contributed by atoms with Crippen molar-refractivity contribution >= 4 is 17.5 Å². The molecule has 3 atom stereocenters. The number of nitrogens with zero attached hydrogens (tertiary/aromatic N) is 4. The first-order valence-electron chi connectivity index (χ1n) is 10.6. The molecule has 2 saturated heterocycles. The molecule has 11 heteroatoms. The van der Waals surface area contributed by atoms with Crippen molar-refractivity contribution in [3.8, 4) is 0 Å². The number of halogens is 3. The summed E-state index contributed by atoms with van der Waals surface area (Å²) < 4.78 is 47.5. The lowest BCUT2D eigenvalue weighted by Crippen LogP contribution is -2.54. The van der Waals surface area contributed by atoms with Gasteiger partial charge in [-0.15, -0.1) is 5.10 Å². The summed E-state index contributed by atoms with van der Waals surface area (Å²) in [6.45, 7) is 3.21. The normalized spacial score (nSPS) is 26.4. The van der Waals surface area contributed by atoms with Gasteiger partial charge in [-0.3, -0.25) is 4.79 Å². The van der Waals surface area contributed by atoms with Gasteiger partial charge in [0.05, 0.1) is 5.92 Å². The van der Waals surface area contributed by atoms with E-state index in [2.05, 4.69) is 20.9 Å². The molecule has 0 radical (unpaired) electrons. The second-order valence-electron chi connectivity index (χ2n) is 8.29. The van der Waals surface area contributed by atoms with Crippen LogP contribution in [-0.2, 0) is 4.79 Å². The van der Waals surface area contributed by atoms with Crippen molar-refractivity contribution in [1.82, 2.24) is 25.9 Å². The van der Waals surface area contributed by atoms with Crippen molar-refractivity contribution in [2.75, 3.05) is 18.0 Å². The molecular formula is C21H23F3N6O2. The number of fused-ring (bicyclic) bond motifs is 1. The maximum atomic E-state index is 13.9. The number of carbonyl (C=O) groups is 1. The molecule has 2 aromatic rings. The largest absolute Gasteiger partial charge is 0.406 e. The molecule has 3 unspecified atom stereocenters. The molecular weight excluding hydrogens is 425 g/mol. The van der Waals surface area contributed by atoms with Gasteiger partial charge in [0.25, 0.3) is 11.8 Å². The zero-order valence-corrected chi connectivity index (χ0v) is 17.4. The highest BCUT2D eigenvalue weighted by Gasteiger charge is 2.58. The highest BCUT2D eigenvalue weighted by molar-refractivity contribution is 6.19. The van der Waals surface area contributed by atoms with Crippen LogP contribution in [0.2, 0.25) is 0 Å². The van der Waals surface area contributed by atoms with Crippen molar-refractivity contribution in [2.24, 2.45) is 0 Å². The summed E-state index contributed by atoms with van der Waals surface area (Å²) in [7, 11) is 0. The van der Waals surface area contributed by atoms with Gasteiger partial charge in [-0.2, -0.15) is 13.2 Å². The number of nitrogens with one attached hydrogen (secondary N) is 2. The van der Waals surface area contributed by atoms with Gasteiger partial charge in [0.1, 0.15) is 17.8 Å². The fraction of sp³-hybridized carbons (Fsp3) is 0.476. The Bertz CT molecular complexity index is 1030. The molecule has 0 saturated carbocycles. The number of allylic oxidation sites excluding steroid dienone is 1. The first-order chi connectivity index (χ1) is 15.3. The molecule has 1 aromatic carbocycles. The summed E-state index contributed by atoms with van der Waals surface area (Å²) in [5.74, 6) is -1.66. The molecule has 0 spiro atoms. The van der Waals surface area contributed by atoms with E-state index in [9.17, 15) is 18.0 Å². The van der Waals surface area contributed by atoms with E-state index in [4.69, 9.17) is 4.42 Å². The maximum absolute atomic E-state index is 13.9. The average molecular weight is 448 g/mol. The Morgan fingerprint density at radius 1 is 1.09 bits per heavy atom. The number of hydrazine groups is 1.